The number of amides is 1. The molecule has 7 nitrogen and oxygen atoms in total. The van der Waals surface area contributed by atoms with Crippen molar-refractivity contribution in [1.29, 1.82) is 0 Å². The molecule has 0 radical (unpaired) electrons. The fourth-order valence-electron chi connectivity index (χ4n) is 2.11. The zero-order valence-corrected chi connectivity index (χ0v) is 14.1. The SMILES string of the molecule is Cc1cc(N(CCNC(=O)Cc2cccc(F)c2)S(C)(=O)=O)no1. The molecule has 0 spiro atoms. The van der Waals surface area contributed by atoms with Gasteiger partial charge < -0.3 is 9.84 Å². The van der Waals surface area contributed by atoms with Crippen LogP contribution in [0.4, 0.5) is 10.2 Å². The Hall–Kier alpha value is -2.42. The molecule has 0 bridgehead atoms. The van der Waals surface area contributed by atoms with E-state index in [4.69, 9.17) is 4.52 Å². The van der Waals surface area contributed by atoms with Crippen LogP contribution in [0, 0.1) is 12.7 Å². The number of nitrogens with zero attached hydrogens (tertiary/aromatic N) is 2. The van der Waals surface area contributed by atoms with Crippen LogP contribution in [0.1, 0.15) is 11.3 Å². The van der Waals surface area contributed by atoms with Gasteiger partial charge in [-0.25, -0.2) is 17.1 Å². The Bertz CT molecular complexity index is 820. The molecule has 2 aromatic rings. The number of nitrogens with one attached hydrogen (secondary N) is 1. The van der Waals surface area contributed by atoms with E-state index in [1.165, 1.54) is 24.3 Å². The monoisotopic (exact) mass is 355 g/mol. The van der Waals surface area contributed by atoms with Crippen LogP contribution in [0.25, 0.3) is 0 Å². The third-order valence-electron chi connectivity index (χ3n) is 3.16. The summed E-state index contributed by atoms with van der Waals surface area (Å²) in [6.07, 6.45) is 1.06. The maximum Gasteiger partial charge on any atom is 0.233 e. The molecular formula is C15H18FN3O4S. The fraction of sp³-hybridized carbons (Fsp3) is 0.333. The summed E-state index contributed by atoms with van der Waals surface area (Å²) in [5, 5.41) is 6.28. The van der Waals surface area contributed by atoms with Gasteiger partial charge in [0, 0.05) is 12.6 Å². The van der Waals surface area contributed by atoms with Gasteiger partial charge in [0.15, 0.2) is 5.82 Å². The number of carbonyl (C=O) groups excluding carboxylic acids is 1. The first-order chi connectivity index (χ1) is 11.3. The minimum Gasteiger partial charge on any atom is -0.360 e. The van der Waals surface area contributed by atoms with Gasteiger partial charge in [-0.2, -0.15) is 0 Å². The molecule has 0 unspecified atom stereocenters. The summed E-state index contributed by atoms with van der Waals surface area (Å²) in [6.45, 7) is 1.75. The number of hydrogen-bond donors (Lipinski definition) is 1. The first-order valence-corrected chi connectivity index (χ1v) is 9.03. The summed E-state index contributed by atoms with van der Waals surface area (Å²) in [5.74, 6) is -0.0986. The Kier molecular flexibility index (Phi) is 5.55. The van der Waals surface area contributed by atoms with Crippen molar-refractivity contribution in [2.45, 2.75) is 13.3 Å². The average Bonchev–Trinajstić information content (AvgIpc) is 2.88. The molecule has 0 aliphatic heterocycles. The van der Waals surface area contributed by atoms with Crippen molar-refractivity contribution in [3.63, 3.8) is 0 Å². The van der Waals surface area contributed by atoms with E-state index in [1.54, 1.807) is 13.0 Å². The first kappa shape index (κ1) is 17.9. The van der Waals surface area contributed by atoms with Crippen molar-refractivity contribution >= 4 is 21.7 Å². The van der Waals surface area contributed by atoms with Crippen molar-refractivity contribution in [3.05, 3.63) is 47.5 Å². The predicted octanol–water partition coefficient (Wildman–Crippen LogP) is 1.25. The van der Waals surface area contributed by atoms with Gasteiger partial charge in [0.05, 0.1) is 19.2 Å². The molecule has 0 aliphatic rings. The lowest BCUT2D eigenvalue weighted by molar-refractivity contribution is -0.120. The lowest BCUT2D eigenvalue weighted by Crippen LogP contribution is -2.38. The van der Waals surface area contributed by atoms with Crippen LogP contribution in [0.2, 0.25) is 0 Å². The van der Waals surface area contributed by atoms with Gasteiger partial charge in [-0.05, 0) is 24.6 Å². The zero-order valence-electron chi connectivity index (χ0n) is 13.3. The smallest absolute Gasteiger partial charge is 0.233 e. The van der Waals surface area contributed by atoms with Crippen LogP contribution in [-0.2, 0) is 21.2 Å². The summed E-state index contributed by atoms with van der Waals surface area (Å²) in [5.41, 5.74) is 0.541. The summed E-state index contributed by atoms with van der Waals surface area (Å²) >= 11 is 0. The second-order valence-electron chi connectivity index (χ2n) is 5.29. The molecule has 1 N–H and O–H groups in total. The number of halogens is 1. The minimum absolute atomic E-state index is 0.0136. The van der Waals surface area contributed by atoms with Gasteiger partial charge in [0.2, 0.25) is 15.9 Å². The molecule has 1 aromatic heterocycles. The highest BCUT2D eigenvalue weighted by Crippen LogP contribution is 2.16. The van der Waals surface area contributed by atoms with Crippen molar-refractivity contribution in [2.24, 2.45) is 0 Å². The van der Waals surface area contributed by atoms with E-state index in [2.05, 4.69) is 10.5 Å². The van der Waals surface area contributed by atoms with E-state index in [0.29, 0.717) is 11.3 Å². The number of hydrogen-bond acceptors (Lipinski definition) is 5. The number of aryl methyl sites for hydroxylation is 1. The van der Waals surface area contributed by atoms with Gasteiger partial charge >= 0.3 is 0 Å². The van der Waals surface area contributed by atoms with Gasteiger partial charge in [-0.15, -0.1) is 0 Å². The van der Waals surface area contributed by atoms with Crippen LogP contribution >= 0.6 is 0 Å². The molecule has 1 heterocycles. The molecule has 2 rings (SSSR count). The van der Waals surface area contributed by atoms with Gasteiger partial charge in [-0.3, -0.25) is 4.79 Å². The number of benzene rings is 1. The lowest BCUT2D eigenvalue weighted by atomic mass is 10.1. The molecule has 9 heteroatoms. The predicted molar refractivity (Wildman–Crippen MR) is 86.5 cm³/mol. The standard InChI is InChI=1S/C15H18FN3O4S/c1-11-8-14(18-23-11)19(24(2,21)22)7-6-17-15(20)10-12-4-3-5-13(16)9-12/h3-5,8-9H,6-7,10H2,1-2H3,(H,17,20). The van der Waals surface area contributed by atoms with Gasteiger partial charge in [0.25, 0.3) is 0 Å². The van der Waals surface area contributed by atoms with Crippen LogP contribution in [0.3, 0.4) is 0 Å². The Morgan fingerprint density at radius 1 is 1.38 bits per heavy atom. The summed E-state index contributed by atoms with van der Waals surface area (Å²) in [4.78, 5) is 11.9. The van der Waals surface area contributed by atoms with Crippen molar-refractivity contribution in [2.75, 3.05) is 23.7 Å². The first-order valence-electron chi connectivity index (χ1n) is 7.18. The molecule has 24 heavy (non-hydrogen) atoms. The normalized spacial score (nSPS) is 11.3. The molecule has 0 aliphatic carbocycles. The third kappa shape index (κ3) is 5.05. The maximum atomic E-state index is 13.1. The molecular weight excluding hydrogens is 337 g/mol. The second kappa shape index (κ2) is 7.43. The Morgan fingerprint density at radius 3 is 2.71 bits per heavy atom. The highest BCUT2D eigenvalue weighted by molar-refractivity contribution is 7.92. The maximum absolute atomic E-state index is 13.1. The molecule has 0 atom stereocenters. The summed E-state index contributed by atoms with van der Waals surface area (Å²) in [7, 11) is -3.56. The summed E-state index contributed by atoms with van der Waals surface area (Å²) in [6, 6.07) is 7.24. The van der Waals surface area contributed by atoms with E-state index >= 15 is 0 Å². The fourth-order valence-corrected chi connectivity index (χ4v) is 2.96. The minimum atomic E-state index is -3.56. The Labute approximate surface area is 139 Å². The van der Waals surface area contributed by atoms with Crippen LogP contribution in [0.15, 0.2) is 34.9 Å². The molecule has 0 saturated carbocycles. The largest absolute Gasteiger partial charge is 0.360 e. The second-order valence-corrected chi connectivity index (χ2v) is 7.19. The Morgan fingerprint density at radius 2 is 2.12 bits per heavy atom. The van der Waals surface area contributed by atoms with E-state index in [9.17, 15) is 17.6 Å². The van der Waals surface area contributed by atoms with E-state index in [-0.39, 0.29) is 31.2 Å². The van der Waals surface area contributed by atoms with Crippen molar-refractivity contribution in [1.82, 2.24) is 10.5 Å². The zero-order chi connectivity index (χ0) is 17.7. The van der Waals surface area contributed by atoms with E-state index in [0.717, 1.165) is 10.6 Å². The molecule has 130 valence electrons. The van der Waals surface area contributed by atoms with Crippen LogP contribution in [-0.4, -0.2) is 38.8 Å². The number of rotatable bonds is 7. The van der Waals surface area contributed by atoms with Crippen molar-refractivity contribution < 1.29 is 22.1 Å². The number of aromatic nitrogens is 1. The van der Waals surface area contributed by atoms with Crippen LogP contribution < -0.4 is 9.62 Å². The lowest BCUT2D eigenvalue weighted by Gasteiger charge is -2.19. The van der Waals surface area contributed by atoms with Gasteiger partial charge in [-0.1, -0.05) is 17.3 Å². The number of anilines is 1. The highest BCUT2D eigenvalue weighted by Gasteiger charge is 2.20. The van der Waals surface area contributed by atoms with Gasteiger partial charge in [0.1, 0.15) is 11.6 Å². The Balaban J connectivity index is 1.92. The van der Waals surface area contributed by atoms with Crippen molar-refractivity contribution in [3.8, 4) is 0 Å². The number of sulfonamides is 1. The third-order valence-corrected chi connectivity index (χ3v) is 4.33. The molecule has 0 fully saturated rings. The molecule has 0 saturated heterocycles. The van der Waals surface area contributed by atoms with E-state index < -0.39 is 15.8 Å². The molecule has 1 aromatic carbocycles. The quantitative estimate of drug-likeness (QED) is 0.807. The van der Waals surface area contributed by atoms with Crippen LogP contribution in [0.5, 0.6) is 0 Å². The van der Waals surface area contributed by atoms with E-state index in [1.807, 2.05) is 0 Å². The topological polar surface area (TPSA) is 92.5 Å². The number of carbonyl (C=O) groups is 1. The highest BCUT2D eigenvalue weighted by atomic mass is 32.2. The molecule has 1 amide bonds. The average molecular weight is 355 g/mol. The summed E-state index contributed by atoms with van der Waals surface area (Å²) < 4.78 is 42.7.